The minimum absolute atomic E-state index is 0.114. The van der Waals surface area contributed by atoms with Gasteiger partial charge in [0, 0.05) is 12.7 Å². The highest BCUT2D eigenvalue weighted by molar-refractivity contribution is 7.98. The van der Waals surface area contributed by atoms with Crippen molar-refractivity contribution in [3.63, 3.8) is 0 Å². The third-order valence-electron chi connectivity index (χ3n) is 4.58. The second-order valence-electron chi connectivity index (χ2n) is 6.87. The smallest absolute Gasteiger partial charge is 0.258 e. The predicted molar refractivity (Wildman–Crippen MR) is 116 cm³/mol. The van der Waals surface area contributed by atoms with Gasteiger partial charge >= 0.3 is 0 Å². The molecule has 30 heavy (non-hydrogen) atoms. The van der Waals surface area contributed by atoms with Crippen molar-refractivity contribution in [2.45, 2.75) is 24.3 Å². The van der Waals surface area contributed by atoms with Gasteiger partial charge in [-0.15, -0.1) is 10.2 Å². The Balaban J connectivity index is 1.41. The fourth-order valence-corrected chi connectivity index (χ4v) is 3.75. The van der Waals surface area contributed by atoms with Crippen LogP contribution in [0.5, 0.6) is 0 Å². The molecule has 0 saturated carbocycles. The average Bonchev–Trinajstić information content (AvgIpc) is 3.07. The molecule has 0 aliphatic carbocycles. The molecule has 0 unspecified atom stereocenters. The standard InChI is InChI=1S/C21H20N6O2S/c1-13-7-9-14(10-8-13)22-19(28)11-18-25-26-21(27(18)2)30-12-17-23-16-6-4-3-5-15(16)20(29)24-17/h3-10H,11-12H2,1-2H3,(H,22,28)(H,23,24,29). The molecule has 4 aromatic rings. The Morgan fingerprint density at radius 1 is 1.13 bits per heavy atom. The van der Waals surface area contributed by atoms with Crippen LogP contribution in [0, 0.1) is 6.92 Å². The molecule has 0 aliphatic rings. The number of nitrogens with zero attached hydrogens (tertiary/aromatic N) is 4. The Morgan fingerprint density at radius 2 is 1.90 bits per heavy atom. The first-order chi connectivity index (χ1) is 14.5. The zero-order chi connectivity index (χ0) is 21.1. The topological polar surface area (TPSA) is 106 Å². The molecule has 2 N–H and O–H groups in total. The van der Waals surface area contributed by atoms with Crippen molar-refractivity contribution in [2.24, 2.45) is 7.05 Å². The summed E-state index contributed by atoms with van der Waals surface area (Å²) in [4.78, 5) is 31.8. The Labute approximate surface area is 176 Å². The van der Waals surface area contributed by atoms with E-state index < -0.39 is 0 Å². The number of aromatic nitrogens is 5. The van der Waals surface area contributed by atoms with Crippen molar-refractivity contribution in [1.82, 2.24) is 24.7 Å². The molecule has 0 atom stereocenters. The normalized spacial score (nSPS) is 11.0. The molecule has 0 aliphatic heterocycles. The first kappa shape index (κ1) is 19.8. The lowest BCUT2D eigenvalue weighted by Crippen LogP contribution is -2.17. The number of nitrogens with one attached hydrogen (secondary N) is 2. The molecular weight excluding hydrogens is 400 g/mol. The molecule has 0 fully saturated rings. The van der Waals surface area contributed by atoms with E-state index in [1.54, 1.807) is 10.6 Å². The van der Waals surface area contributed by atoms with Gasteiger partial charge in [0.15, 0.2) is 5.16 Å². The van der Waals surface area contributed by atoms with Gasteiger partial charge in [0.05, 0.1) is 23.1 Å². The number of anilines is 1. The summed E-state index contributed by atoms with van der Waals surface area (Å²) in [5.41, 5.74) is 2.37. The summed E-state index contributed by atoms with van der Waals surface area (Å²) in [7, 11) is 1.81. The third-order valence-corrected chi connectivity index (χ3v) is 5.61. The number of para-hydroxylation sites is 1. The minimum Gasteiger partial charge on any atom is -0.326 e. The highest BCUT2D eigenvalue weighted by atomic mass is 32.2. The van der Waals surface area contributed by atoms with E-state index in [1.807, 2.05) is 56.4 Å². The molecule has 1 amide bonds. The molecule has 0 bridgehead atoms. The van der Waals surface area contributed by atoms with Gasteiger partial charge in [-0.2, -0.15) is 0 Å². The Morgan fingerprint density at radius 3 is 2.70 bits per heavy atom. The molecule has 0 spiro atoms. The van der Waals surface area contributed by atoms with E-state index in [0.29, 0.717) is 33.5 Å². The highest BCUT2D eigenvalue weighted by Crippen LogP contribution is 2.20. The van der Waals surface area contributed by atoms with Gasteiger partial charge in [0.25, 0.3) is 5.56 Å². The molecule has 8 nitrogen and oxygen atoms in total. The third kappa shape index (κ3) is 4.41. The average molecular weight is 420 g/mol. The van der Waals surface area contributed by atoms with Crippen LogP contribution in [0.1, 0.15) is 17.2 Å². The molecule has 0 saturated heterocycles. The van der Waals surface area contributed by atoms with Crippen LogP contribution in [0.4, 0.5) is 5.69 Å². The van der Waals surface area contributed by atoms with Crippen LogP contribution in [0.25, 0.3) is 10.9 Å². The molecule has 152 valence electrons. The molecule has 0 radical (unpaired) electrons. The lowest BCUT2D eigenvalue weighted by atomic mass is 10.2. The minimum atomic E-state index is -0.164. The summed E-state index contributed by atoms with van der Waals surface area (Å²) < 4.78 is 1.78. The SMILES string of the molecule is Cc1ccc(NC(=O)Cc2nnc(SCc3nc4ccccc4c(=O)[nH]3)n2C)cc1. The largest absolute Gasteiger partial charge is 0.326 e. The Kier molecular flexibility index (Phi) is 5.62. The van der Waals surface area contributed by atoms with Crippen LogP contribution in [0.2, 0.25) is 0 Å². The predicted octanol–water partition coefficient (Wildman–Crippen LogP) is 2.83. The number of H-pyrrole nitrogens is 1. The van der Waals surface area contributed by atoms with Crippen molar-refractivity contribution < 1.29 is 4.79 Å². The molecule has 2 aromatic heterocycles. The molecule has 2 aromatic carbocycles. The van der Waals surface area contributed by atoms with Crippen molar-refractivity contribution >= 4 is 34.3 Å². The van der Waals surface area contributed by atoms with E-state index in [1.165, 1.54) is 11.8 Å². The van der Waals surface area contributed by atoms with Gasteiger partial charge in [0.2, 0.25) is 5.91 Å². The van der Waals surface area contributed by atoms with Gasteiger partial charge in [-0.1, -0.05) is 41.6 Å². The molecule has 2 heterocycles. The van der Waals surface area contributed by atoms with Crippen molar-refractivity contribution in [2.75, 3.05) is 5.32 Å². The van der Waals surface area contributed by atoms with E-state index in [-0.39, 0.29) is 17.9 Å². The number of benzene rings is 2. The lowest BCUT2D eigenvalue weighted by molar-refractivity contribution is -0.115. The fraction of sp³-hybridized carbons (Fsp3) is 0.190. The molecular formula is C21H20N6O2S. The number of carbonyl (C=O) groups excluding carboxylic acids is 1. The quantitative estimate of drug-likeness (QED) is 0.465. The summed E-state index contributed by atoms with van der Waals surface area (Å²) in [6.07, 6.45) is 0.114. The van der Waals surface area contributed by atoms with Crippen molar-refractivity contribution in [3.8, 4) is 0 Å². The second-order valence-corrected chi connectivity index (χ2v) is 7.81. The number of aromatic amines is 1. The van der Waals surface area contributed by atoms with Crippen LogP contribution in [-0.4, -0.2) is 30.6 Å². The van der Waals surface area contributed by atoms with E-state index >= 15 is 0 Å². The summed E-state index contributed by atoms with van der Waals surface area (Å²) in [6, 6.07) is 14.8. The number of carbonyl (C=O) groups is 1. The van der Waals surface area contributed by atoms with Crippen LogP contribution >= 0.6 is 11.8 Å². The zero-order valence-electron chi connectivity index (χ0n) is 16.5. The van der Waals surface area contributed by atoms with Gasteiger partial charge in [0.1, 0.15) is 11.6 Å². The van der Waals surface area contributed by atoms with Crippen molar-refractivity contribution in [1.29, 1.82) is 0 Å². The van der Waals surface area contributed by atoms with Crippen LogP contribution < -0.4 is 10.9 Å². The maximum atomic E-state index is 12.3. The maximum Gasteiger partial charge on any atom is 0.258 e. The number of fused-ring (bicyclic) bond motifs is 1. The maximum absolute atomic E-state index is 12.3. The van der Waals surface area contributed by atoms with E-state index in [9.17, 15) is 9.59 Å². The first-order valence-electron chi connectivity index (χ1n) is 9.35. The number of hydrogen-bond acceptors (Lipinski definition) is 6. The fourth-order valence-electron chi connectivity index (χ4n) is 2.95. The van der Waals surface area contributed by atoms with E-state index in [4.69, 9.17) is 0 Å². The highest BCUT2D eigenvalue weighted by Gasteiger charge is 2.14. The monoisotopic (exact) mass is 420 g/mol. The second kappa shape index (κ2) is 8.50. The number of amides is 1. The van der Waals surface area contributed by atoms with E-state index in [0.717, 1.165) is 11.3 Å². The summed E-state index contributed by atoms with van der Waals surface area (Å²) >= 11 is 1.40. The van der Waals surface area contributed by atoms with Gasteiger partial charge in [-0.05, 0) is 31.2 Å². The lowest BCUT2D eigenvalue weighted by Gasteiger charge is -2.06. The molecule has 4 rings (SSSR count). The number of rotatable bonds is 6. The van der Waals surface area contributed by atoms with Crippen molar-refractivity contribution in [3.05, 3.63) is 76.1 Å². The number of aryl methyl sites for hydroxylation is 1. The van der Waals surface area contributed by atoms with Crippen LogP contribution in [-0.2, 0) is 24.0 Å². The zero-order valence-corrected chi connectivity index (χ0v) is 17.4. The van der Waals surface area contributed by atoms with Gasteiger partial charge in [-0.3, -0.25) is 9.59 Å². The van der Waals surface area contributed by atoms with E-state index in [2.05, 4.69) is 25.5 Å². The summed E-state index contributed by atoms with van der Waals surface area (Å²) in [6.45, 7) is 1.99. The van der Waals surface area contributed by atoms with Crippen LogP contribution in [0.3, 0.4) is 0 Å². The Bertz CT molecular complexity index is 1260. The first-order valence-corrected chi connectivity index (χ1v) is 10.3. The summed E-state index contributed by atoms with van der Waals surface area (Å²) in [5.74, 6) is 1.39. The Hall–Kier alpha value is -3.46. The number of thioether (sulfide) groups is 1. The van der Waals surface area contributed by atoms with Gasteiger partial charge in [-0.25, -0.2) is 4.98 Å². The number of hydrogen-bond donors (Lipinski definition) is 2. The summed E-state index contributed by atoms with van der Waals surface area (Å²) in [5, 5.41) is 12.4. The molecule has 9 heteroatoms. The van der Waals surface area contributed by atoms with Crippen LogP contribution in [0.15, 0.2) is 58.5 Å². The van der Waals surface area contributed by atoms with Gasteiger partial charge < -0.3 is 14.9 Å².